The van der Waals surface area contributed by atoms with Crippen LogP contribution in [0.4, 0.5) is 0 Å². The molecule has 2 heterocycles. The van der Waals surface area contributed by atoms with Gasteiger partial charge in [0.05, 0.1) is 22.1 Å². The highest BCUT2D eigenvalue weighted by atomic mass is 15.0. The lowest BCUT2D eigenvalue weighted by atomic mass is 10.0. The molecule has 2 nitrogen and oxygen atoms in total. The van der Waals surface area contributed by atoms with Crippen LogP contribution in [0.1, 0.15) is 0 Å². The molecule has 0 fully saturated rings. The molecule has 0 saturated heterocycles. The molecule has 2 aromatic heterocycles. The molecule has 150 valence electrons. The largest absolute Gasteiger partial charge is 0.352 e. The predicted octanol–water partition coefficient (Wildman–Crippen LogP) is 8.09. The summed E-state index contributed by atoms with van der Waals surface area (Å²) in [6.45, 7) is 0. The van der Waals surface area contributed by atoms with Gasteiger partial charge >= 0.3 is 0 Å². The summed E-state index contributed by atoms with van der Waals surface area (Å²) in [6, 6.07) is 41.2. The standard InChI is InChI=1S/C30H20N2/c1-3-9-20(10-4-1)22-16-17-25-27(19-22)32(23-12-5-2-6-13-23)30-26-18-15-21-11-7-8-14-24(21)28(26)31-29(25)30/h1-19,31H. The van der Waals surface area contributed by atoms with Crippen LogP contribution < -0.4 is 0 Å². The van der Waals surface area contributed by atoms with Crippen LogP contribution in [0.15, 0.2) is 115 Å². The average Bonchev–Trinajstić information content (AvgIpc) is 3.39. The number of rotatable bonds is 2. The highest BCUT2D eigenvalue weighted by Gasteiger charge is 2.18. The van der Waals surface area contributed by atoms with Gasteiger partial charge in [-0.2, -0.15) is 0 Å². The van der Waals surface area contributed by atoms with Crippen LogP contribution in [0.5, 0.6) is 0 Å². The Bertz CT molecular complexity index is 1750. The van der Waals surface area contributed by atoms with Gasteiger partial charge in [-0.1, -0.05) is 97.1 Å². The average molecular weight is 409 g/mol. The van der Waals surface area contributed by atoms with Gasteiger partial charge in [0.1, 0.15) is 0 Å². The van der Waals surface area contributed by atoms with Gasteiger partial charge in [0.15, 0.2) is 0 Å². The van der Waals surface area contributed by atoms with Crippen molar-refractivity contribution in [1.82, 2.24) is 9.55 Å². The monoisotopic (exact) mass is 408 g/mol. The zero-order valence-corrected chi connectivity index (χ0v) is 17.4. The Balaban J connectivity index is 1.65. The first-order chi connectivity index (χ1) is 15.9. The van der Waals surface area contributed by atoms with Crippen molar-refractivity contribution in [2.75, 3.05) is 0 Å². The van der Waals surface area contributed by atoms with Crippen molar-refractivity contribution in [3.63, 3.8) is 0 Å². The van der Waals surface area contributed by atoms with E-state index < -0.39 is 0 Å². The molecule has 7 aromatic rings. The van der Waals surface area contributed by atoms with Crippen molar-refractivity contribution in [2.45, 2.75) is 0 Å². The molecular formula is C30H20N2. The van der Waals surface area contributed by atoms with Crippen molar-refractivity contribution in [3.8, 4) is 16.8 Å². The van der Waals surface area contributed by atoms with E-state index in [9.17, 15) is 0 Å². The SMILES string of the molecule is c1ccc(-c2ccc3c4[nH]c5c6ccccc6ccc5c4n(-c4ccccc4)c3c2)cc1. The Morgan fingerprint density at radius 3 is 2.06 bits per heavy atom. The quantitative estimate of drug-likeness (QED) is 0.298. The third-order valence-electron chi connectivity index (χ3n) is 6.52. The van der Waals surface area contributed by atoms with Crippen LogP contribution in [0.2, 0.25) is 0 Å². The summed E-state index contributed by atoms with van der Waals surface area (Å²) in [7, 11) is 0. The van der Waals surface area contributed by atoms with Crippen molar-refractivity contribution >= 4 is 43.6 Å². The Labute approximate surface area is 185 Å². The van der Waals surface area contributed by atoms with Gasteiger partial charge in [0.2, 0.25) is 0 Å². The predicted molar refractivity (Wildman–Crippen MR) is 136 cm³/mol. The summed E-state index contributed by atoms with van der Waals surface area (Å²) in [5.41, 5.74) is 8.47. The van der Waals surface area contributed by atoms with Crippen molar-refractivity contribution in [2.24, 2.45) is 0 Å². The Hall–Kier alpha value is -4.30. The molecular weight excluding hydrogens is 388 g/mol. The van der Waals surface area contributed by atoms with Gasteiger partial charge in [-0.3, -0.25) is 0 Å². The topological polar surface area (TPSA) is 20.7 Å². The van der Waals surface area contributed by atoms with E-state index in [-0.39, 0.29) is 0 Å². The summed E-state index contributed by atoms with van der Waals surface area (Å²) in [6.07, 6.45) is 0. The first kappa shape index (κ1) is 17.4. The van der Waals surface area contributed by atoms with Crippen molar-refractivity contribution < 1.29 is 0 Å². The molecule has 0 spiro atoms. The van der Waals surface area contributed by atoms with Crippen LogP contribution in [0.3, 0.4) is 0 Å². The minimum atomic E-state index is 1.17. The molecule has 7 rings (SSSR count). The number of para-hydroxylation sites is 1. The zero-order valence-electron chi connectivity index (χ0n) is 17.4. The molecule has 0 radical (unpaired) electrons. The first-order valence-electron chi connectivity index (χ1n) is 11.0. The number of H-pyrrole nitrogens is 1. The van der Waals surface area contributed by atoms with Crippen molar-refractivity contribution in [3.05, 3.63) is 115 Å². The zero-order chi connectivity index (χ0) is 21.1. The fraction of sp³-hybridized carbons (Fsp3) is 0. The molecule has 2 heteroatoms. The fourth-order valence-electron chi connectivity index (χ4n) is 5.05. The molecule has 0 aliphatic heterocycles. The van der Waals surface area contributed by atoms with E-state index in [0.717, 1.165) is 0 Å². The van der Waals surface area contributed by atoms with Gasteiger partial charge in [0, 0.05) is 21.8 Å². The van der Waals surface area contributed by atoms with E-state index in [2.05, 4.69) is 125 Å². The Morgan fingerprint density at radius 1 is 0.500 bits per heavy atom. The van der Waals surface area contributed by atoms with Crippen LogP contribution in [0.25, 0.3) is 60.4 Å². The van der Waals surface area contributed by atoms with E-state index in [1.54, 1.807) is 0 Å². The van der Waals surface area contributed by atoms with E-state index in [1.807, 2.05) is 0 Å². The lowest BCUT2D eigenvalue weighted by Crippen LogP contribution is -1.93. The van der Waals surface area contributed by atoms with Gasteiger partial charge in [0.25, 0.3) is 0 Å². The number of nitrogens with zero attached hydrogens (tertiary/aromatic N) is 1. The summed E-state index contributed by atoms with van der Waals surface area (Å²) in [5.74, 6) is 0. The molecule has 5 aromatic carbocycles. The summed E-state index contributed by atoms with van der Waals surface area (Å²) >= 11 is 0. The van der Waals surface area contributed by atoms with Crippen LogP contribution in [0, 0.1) is 0 Å². The number of benzene rings is 5. The first-order valence-corrected chi connectivity index (χ1v) is 11.0. The molecule has 0 atom stereocenters. The number of aromatic amines is 1. The maximum Gasteiger partial charge on any atom is 0.0798 e. The highest BCUT2D eigenvalue weighted by molar-refractivity contribution is 6.23. The molecule has 0 aliphatic rings. The number of fused-ring (bicyclic) bond motifs is 7. The second kappa shape index (κ2) is 6.60. The lowest BCUT2D eigenvalue weighted by Gasteiger charge is -2.09. The van der Waals surface area contributed by atoms with E-state index >= 15 is 0 Å². The maximum atomic E-state index is 3.79. The van der Waals surface area contributed by atoms with E-state index in [0.29, 0.717) is 0 Å². The van der Waals surface area contributed by atoms with Gasteiger partial charge < -0.3 is 9.55 Å². The fourth-order valence-corrected chi connectivity index (χ4v) is 5.05. The van der Waals surface area contributed by atoms with E-state index in [1.165, 1.54) is 60.4 Å². The maximum absolute atomic E-state index is 3.79. The van der Waals surface area contributed by atoms with Gasteiger partial charge in [-0.15, -0.1) is 0 Å². The number of hydrogen-bond acceptors (Lipinski definition) is 0. The molecule has 0 aliphatic carbocycles. The van der Waals surface area contributed by atoms with E-state index in [4.69, 9.17) is 0 Å². The molecule has 0 bridgehead atoms. The molecule has 32 heavy (non-hydrogen) atoms. The third-order valence-corrected chi connectivity index (χ3v) is 6.52. The molecule has 0 amide bonds. The summed E-state index contributed by atoms with van der Waals surface area (Å²) in [5, 5.41) is 5.00. The molecule has 1 N–H and O–H groups in total. The molecule has 0 unspecified atom stereocenters. The smallest absolute Gasteiger partial charge is 0.0798 e. The second-order valence-corrected chi connectivity index (χ2v) is 8.33. The van der Waals surface area contributed by atoms with Gasteiger partial charge in [-0.05, 0) is 34.7 Å². The summed E-state index contributed by atoms with van der Waals surface area (Å²) < 4.78 is 2.41. The van der Waals surface area contributed by atoms with Gasteiger partial charge in [-0.25, -0.2) is 0 Å². The number of hydrogen-bond donors (Lipinski definition) is 1. The Morgan fingerprint density at radius 2 is 1.22 bits per heavy atom. The highest BCUT2D eigenvalue weighted by Crippen LogP contribution is 2.40. The third kappa shape index (κ3) is 2.41. The normalized spacial score (nSPS) is 11.8. The minimum absolute atomic E-state index is 1.17. The minimum Gasteiger partial charge on any atom is -0.352 e. The lowest BCUT2D eigenvalue weighted by molar-refractivity contribution is 1.19. The molecule has 0 saturated carbocycles. The second-order valence-electron chi connectivity index (χ2n) is 8.33. The van der Waals surface area contributed by atoms with Crippen LogP contribution in [-0.4, -0.2) is 9.55 Å². The Kier molecular flexibility index (Phi) is 3.58. The van der Waals surface area contributed by atoms with Crippen molar-refractivity contribution in [1.29, 1.82) is 0 Å². The van der Waals surface area contributed by atoms with Crippen LogP contribution in [-0.2, 0) is 0 Å². The number of nitrogens with one attached hydrogen (secondary N) is 1. The number of aromatic nitrogens is 2. The van der Waals surface area contributed by atoms with Crippen LogP contribution >= 0.6 is 0 Å². The summed E-state index contributed by atoms with van der Waals surface area (Å²) in [4.78, 5) is 3.79.